The van der Waals surface area contributed by atoms with E-state index in [0.717, 1.165) is 35.1 Å². The maximum Gasteiger partial charge on any atom is 0.254 e. The van der Waals surface area contributed by atoms with Crippen LogP contribution in [0.2, 0.25) is 5.02 Å². The highest BCUT2D eigenvalue weighted by Gasteiger charge is 2.25. The Morgan fingerprint density at radius 1 is 1.13 bits per heavy atom. The van der Waals surface area contributed by atoms with Crippen LogP contribution in [0.5, 0.6) is 0 Å². The van der Waals surface area contributed by atoms with Crippen LogP contribution >= 0.6 is 11.6 Å². The number of nitrogens with zero attached hydrogens (tertiary/aromatic N) is 3. The molecule has 2 aromatic heterocycles. The number of pyridine rings is 1. The molecule has 5 nitrogen and oxygen atoms in total. The molecule has 30 heavy (non-hydrogen) atoms. The number of carbonyl (C=O) groups is 1. The Bertz CT molecular complexity index is 1300. The van der Waals surface area contributed by atoms with E-state index in [0.29, 0.717) is 16.5 Å². The standard InChI is InChI=1S/C23H18ClFN4O/c1-13-10-20(25)18(23(30)26-15-6-7-15)12-17(13)14-8-9-29-21(11-14)27-28-22(29)16-4-2-3-5-19(16)24/h2-5,8-12,15H,6-7H2,1H3,(H,26,30). The second-order valence-corrected chi connectivity index (χ2v) is 7.95. The van der Waals surface area contributed by atoms with Gasteiger partial charge in [-0.3, -0.25) is 9.20 Å². The van der Waals surface area contributed by atoms with Gasteiger partial charge in [-0.2, -0.15) is 0 Å². The number of carbonyl (C=O) groups excluding carboxylic acids is 1. The Morgan fingerprint density at radius 2 is 1.93 bits per heavy atom. The third-order valence-corrected chi connectivity index (χ3v) is 5.64. The summed E-state index contributed by atoms with van der Waals surface area (Å²) in [5, 5.41) is 12.0. The van der Waals surface area contributed by atoms with E-state index in [1.807, 2.05) is 53.9 Å². The molecule has 5 rings (SSSR count). The molecule has 0 aliphatic heterocycles. The lowest BCUT2D eigenvalue weighted by Gasteiger charge is -2.11. The third-order valence-electron chi connectivity index (χ3n) is 5.31. The minimum absolute atomic E-state index is 0.0561. The monoisotopic (exact) mass is 420 g/mol. The average Bonchev–Trinajstić information content (AvgIpc) is 3.44. The normalized spacial score (nSPS) is 13.6. The van der Waals surface area contributed by atoms with Crippen molar-refractivity contribution in [2.24, 2.45) is 0 Å². The molecule has 0 unspecified atom stereocenters. The van der Waals surface area contributed by atoms with Gasteiger partial charge in [0, 0.05) is 17.8 Å². The molecular weight excluding hydrogens is 403 g/mol. The van der Waals surface area contributed by atoms with Crippen LogP contribution in [-0.2, 0) is 0 Å². The highest BCUT2D eigenvalue weighted by Crippen LogP contribution is 2.30. The molecular formula is C23H18ClFN4O. The molecule has 2 heterocycles. The number of benzene rings is 2. The molecule has 1 amide bonds. The SMILES string of the molecule is Cc1cc(F)c(C(=O)NC2CC2)cc1-c1ccn2c(-c3ccccc3Cl)nnc2c1. The van der Waals surface area contributed by atoms with Crippen LogP contribution in [0.15, 0.2) is 54.7 Å². The van der Waals surface area contributed by atoms with Gasteiger partial charge in [0.1, 0.15) is 5.82 Å². The number of hydrogen-bond acceptors (Lipinski definition) is 3. The molecule has 1 N–H and O–H groups in total. The molecule has 150 valence electrons. The Hall–Kier alpha value is -3.25. The number of rotatable bonds is 4. The van der Waals surface area contributed by atoms with Gasteiger partial charge in [-0.05, 0) is 72.9 Å². The van der Waals surface area contributed by atoms with Gasteiger partial charge in [-0.1, -0.05) is 23.7 Å². The largest absolute Gasteiger partial charge is 0.349 e. The molecule has 1 saturated carbocycles. The Balaban J connectivity index is 1.57. The lowest BCUT2D eigenvalue weighted by Crippen LogP contribution is -2.26. The van der Waals surface area contributed by atoms with Gasteiger partial charge >= 0.3 is 0 Å². The third kappa shape index (κ3) is 3.33. The summed E-state index contributed by atoms with van der Waals surface area (Å²) in [4.78, 5) is 12.4. The molecule has 0 saturated heterocycles. The van der Waals surface area contributed by atoms with Gasteiger partial charge in [0.15, 0.2) is 11.5 Å². The van der Waals surface area contributed by atoms with Crippen molar-refractivity contribution < 1.29 is 9.18 Å². The molecule has 7 heteroatoms. The summed E-state index contributed by atoms with van der Waals surface area (Å²) in [6.45, 7) is 1.82. The van der Waals surface area contributed by atoms with E-state index in [1.165, 1.54) is 6.07 Å². The van der Waals surface area contributed by atoms with E-state index in [1.54, 1.807) is 6.07 Å². The van der Waals surface area contributed by atoms with Gasteiger partial charge in [0.2, 0.25) is 0 Å². The van der Waals surface area contributed by atoms with Gasteiger partial charge in [0.25, 0.3) is 5.91 Å². The second kappa shape index (κ2) is 7.22. The highest BCUT2D eigenvalue weighted by molar-refractivity contribution is 6.33. The second-order valence-electron chi connectivity index (χ2n) is 7.54. The summed E-state index contributed by atoms with van der Waals surface area (Å²) in [6.07, 6.45) is 3.75. The number of hydrogen-bond donors (Lipinski definition) is 1. The van der Waals surface area contributed by atoms with Crippen LogP contribution in [0.4, 0.5) is 4.39 Å². The fourth-order valence-corrected chi connectivity index (χ4v) is 3.75. The predicted octanol–water partition coefficient (Wildman–Crippen LogP) is 5.06. The van der Waals surface area contributed by atoms with Gasteiger partial charge in [-0.15, -0.1) is 10.2 Å². The number of aryl methyl sites for hydroxylation is 1. The van der Waals surface area contributed by atoms with E-state index < -0.39 is 5.82 Å². The Labute approximate surface area is 177 Å². The summed E-state index contributed by atoms with van der Waals surface area (Å²) in [5.74, 6) is -0.248. The topological polar surface area (TPSA) is 59.3 Å². The summed E-state index contributed by atoms with van der Waals surface area (Å²) in [7, 11) is 0. The van der Waals surface area contributed by atoms with Crippen molar-refractivity contribution in [1.29, 1.82) is 0 Å². The van der Waals surface area contributed by atoms with Crippen LogP contribution in [0.1, 0.15) is 28.8 Å². The fraction of sp³-hybridized carbons (Fsp3) is 0.174. The van der Waals surface area contributed by atoms with Gasteiger partial charge in [-0.25, -0.2) is 4.39 Å². The van der Waals surface area contributed by atoms with Crippen molar-refractivity contribution in [3.05, 3.63) is 76.7 Å². The molecule has 1 aliphatic carbocycles. The fourth-order valence-electron chi connectivity index (χ4n) is 3.53. The van der Waals surface area contributed by atoms with E-state index in [4.69, 9.17) is 11.6 Å². The minimum Gasteiger partial charge on any atom is -0.349 e. The number of nitrogens with one attached hydrogen (secondary N) is 1. The molecule has 2 aromatic carbocycles. The summed E-state index contributed by atoms with van der Waals surface area (Å²) in [5.41, 5.74) is 3.83. The summed E-state index contributed by atoms with van der Waals surface area (Å²) < 4.78 is 16.3. The molecule has 0 radical (unpaired) electrons. The smallest absolute Gasteiger partial charge is 0.254 e. The summed E-state index contributed by atoms with van der Waals surface area (Å²) in [6, 6.07) is 14.4. The van der Waals surface area contributed by atoms with Crippen LogP contribution in [0.3, 0.4) is 0 Å². The Kier molecular flexibility index (Phi) is 4.51. The first kappa shape index (κ1) is 18.8. The zero-order valence-electron chi connectivity index (χ0n) is 16.2. The zero-order valence-corrected chi connectivity index (χ0v) is 16.9. The number of halogens is 2. The minimum atomic E-state index is -0.515. The van der Waals surface area contributed by atoms with Gasteiger partial charge < -0.3 is 5.32 Å². The number of aromatic nitrogens is 3. The maximum absolute atomic E-state index is 14.4. The lowest BCUT2D eigenvalue weighted by atomic mass is 9.98. The Morgan fingerprint density at radius 3 is 2.70 bits per heavy atom. The van der Waals surface area contributed by atoms with Crippen molar-refractivity contribution in [3.8, 4) is 22.5 Å². The number of amides is 1. The maximum atomic E-state index is 14.4. The predicted molar refractivity (Wildman–Crippen MR) is 114 cm³/mol. The van der Waals surface area contributed by atoms with Crippen molar-refractivity contribution in [3.63, 3.8) is 0 Å². The van der Waals surface area contributed by atoms with Crippen molar-refractivity contribution in [2.45, 2.75) is 25.8 Å². The first-order valence-corrected chi connectivity index (χ1v) is 10.1. The van der Waals surface area contributed by atoms with Gasteiger partial charge in [0.05, 0.1) is 10.6 Å². The van der Waals surface area contributed by atoms with E-state index in [9.17, 15) is 9.18 Å². The average molecular weight is 421 g/mol. The molecule has 4 aromatic rings. The van der Waals surface area contributed by atoms with Crippen LogP contribution in [0.25, 0.3) is 28.2 Å². The molecule has 0 spiro atoms. The van der Waals surface area contributed by atoms with Crippen molar-refractivity contribution in [1.82, 2.24) is 19.9 Å². The molecule has 0 bridgehead atoms. The number of fused-ring (bicyclic) bond motifs is 1. The van der Waals surface area contributed by atoms with Crippen molar-refractivity contribution >= 4 is 23.2 Å². The van der Waals surface area contributed by atoms with Crippen molar-refractivity contribution in [2.75, 3.05) is 0 Å². The molecule has 0 atom stereocenters. The van der Waals surface area contributed by atoms with Crippen LogP contribution < -0.4 is 5.32 Å². The quantitative estimate of drug-likeness (QED) is 0.502. The van der Waals surface area contributed by atoms with E-state index in [2.05, 4.69) is 15.5 Å². The van der Waals surface area contributed by atoms with Crippen LogP contribution in [-0.4, -0.2) is 26.5 Å². The molecule has 1 fully saturated rings. The molecule has 1 aliphatic rings. The highest BCUT2D eigenvalue weighted by atomic mass is 35.5. The summed E-state index contributed by atoms with van der Waals surface area (Å²) >= 11 is 6.31. The van der Waals surface area contributed by atoms with E-state index >= 15 is 0 Å². The first-order valence-electron chi connectivity index (χ1n) is 9.72. The zero-order chi connectivity index (χ0) is 20.8. The van der Waals surface area contributed by atoms with Crippen LogP contribution in [0, 0.1) is 12.7 Å². The lowest BCUT2D eigenvalue weighted by molar-refractivity contribution is 0.0947. The van der Waals surface area contributed by atoms with E-state index in [-0.39, 0.29) is 17.5 Å². The first-order chi connectivity index (χ1) is 14.5.